The zero-order valence-corrected chi connectivity index (χ0v) is 7.91. The highest BCUT2D eigenvalue weighted by molar-refractivity contribution is 5.76. The van der Waals surface area contributed by atoms with Crippen molar-refractivity contribution in [1.29, 1.82) is 0 Å². The lowest BCUT2D eigenvalue weighted by molar-refractivity contribution is -0.162. The second-order valence-electron chi connectivity index (χ2n) is 3.34. The Balaban J connectivity index is 1.98. The molecule has 4 heteroatoms. The molecule has 4 nitrogen and oxygen atoms in total. The standard InChI is InChI=1S/C9H15NO3/c1-11-8-2-3-9(4-5-10-8)12-6-7-13-9/h2-7H2,1H3. The highest BCUT2D eigenvalue weighted by Crippen LogP contribution is 2.30. The van der Waals surface area contributed by atoms with Crippen LogP contribution in [0.3, 0.4) is 0 Å². The van der Waals surface area contributed by atoms with Crippen LogP contribution in [0.25, 0.3) is 0 Å². The second-order valence-corrected chi connectivity index (χ2v) is 3.34. The first-order valence-electron chi connectivity index (χ1n) is 4.70. The van der Waals surface area contributed by atoms with Crippen LogP contribution in [0.4, 0.5) is 0 Å². The first kappa shape index (κ1) is 8.97. The van der Waals surface area contributed by atoms with Gasteiger partial charge in [0, 0.05) is 25.8 Å². The Labute approximate surface area is 77.9 Å². The summed E-state index contributed by atoms with van der Waals surface area (Å²) in [6.45, 7) is 2.16. The number of ether oxygens (including phenoxy) is 3. The van der Waals surface area contributed by atoms with E-state index in [0.717, 1.165) is 31.7 Å². The number of hydrogen-bond acceptors (Lipinski definition) is 4. The van der Waals surface area contributed by atoms with Crippen LogP contribution in [0.5, 0.6) is 0 Å². The Hall–Kier alpha value is -0.610. The maximum Gasteiger partial charge on any atom is 0.183 e. The zero-order valence-electron chi connectivity index (χ0n) is 7.91. The van der Waals surface area contributed by atoms with Gasteiger partial charge >= 0.3 is 0 Å². The first-order valence-corrected chi connectivity index (χ1v) is 4.70. The fourth-order valence-electron chi connectivity index (χ4n) is 1.80. The van der Waals surface area contributed by atoms with Gasteiger partial charge < -0.3 is 14.2 Å². The summed E-state index contributed by atoms with van der Waals surface area (Å²) < 4.78 is 16.3. The lowest BCUT2D eigenvalue weighted by atomic mass is 10.1. The maximum atomic E-state index is 5.60. The third kappa shape index (κ3) is 1.84. The van der Waals surface area contributed by atoms with Gasteiger partial charge in [0.15, 0.2) is 11.7 Å². The summed E-state index contributed by atoms with van der Waals surface area (Å²) in [5, 5.41) is 0. The monoisotopic (exact) mass is 185 g/mol. The predicted octanol–water partition coefficient (Wildman–Crippen LogP) is 0.958. The van der Waals surface area contributed by atoms with E-state index < -0.39 is 0 Å². The van der Waals surface area contributed by atoms with E-state index in [1.807, 2.05) is 0 Å². The van der Waals surface area contributed by atoms with Gasteiger partial charge in [-0.05, 0) is 0 Å². The average Bonchev–Trinajstić information content (AvgIpc) is 2.49. The molecule has 0 atom stereocenters. The van der Waals surface area contributed by atoms with Gasteiger partial charge in [-0.2, -0.15) is 0 Å². The van der Waals surface area contributed by atoms with Gasteiger partial charge in [0.05, 0.1) is 20.3 Å². The molecule has 0 bridgehead atoms. The summed E-state index contributed by atoms with van der Waals surface area (Å²) >= 11 is 0. The van der Waals surface area contributed by atoms with Gasteiger partial charge in [-0.1, -0.05) is 0 Å². The van der Waals surface area contributed by atoms with E-state index in [1.165, 1.54) is 0 Å². The van der Waals surface area contributed by atoms with Crippen LogP contribution < -0.4 is 0 Å². The van der Waals surface area contributed by atoms with Crippen molar-refractivity contribution in [3.63, 3.8) is 0 Å². The van der Waals surface area contributed by atoms with Crippen molar-refractivity contribution in [2.45, 2.75) is 25.0 Å². The molecule has 1 saturated heterocycles. The van der Waals surface area contributed by atoms with E-state index in [-0.39, 0.29) is 5.79 Å². The van der Waals surface area contributed by atoms with Crippen LogP contribution >= 0.6 is 0 Å². The number of hydrogen-bond donors (Lipinski definition) is 0. The summed E-state index contributed by atoms with van der Waals surface area (Å²) in [4.78, 5) is 4.30. The molecule has 1 fully saturated rings. The normalized spacial score (nSPS) is 27.0. The van der Waals surface area contributed by atoms with Crippen LogP contribution in [-0.2, 0) is 14.2 Å². The lowest BCUT2D eigenvalue weighted by Crippen LogP contribution is -2.30. The number of rotatable bonds is 0. The van der Waals surface area contributed by atoms with Crippen LogP contribution in [0, 0.1) is 0 Å². The van der Waals surface area contributed by atoms with E-state index >= 15 is 0 Å². The quantitative estimate of drug-likeness (QED) is 0.564. The zero-order chi connectivity index (χ0) is 9.15. The van der Waals surface area contributed by atoms with E-state index in [0.29, 0.717) is 13.2 Å². The third-order valence-corrected chi connectivity index (χ3v) is 2.55. The summed E-state index contributed by atoms with van der Waals surface area (Å²) in [5.74, 6) is 0.458. The van der Waals surface area contributed by atoms with Crippen molar-refractivity contribution in [1.82, 2.24) is 0 Å². The van der Waals surface area contributed by atoms with Gasteiger partial charge in [0.25, 0.3) is 0 Å². The molecule has 0 amide bonds. The summed E-state index contributed by atoms with van der Waals surface area (Å²) in [6.07, 6.45) is 2.52. The molecule has 0 aromatic carbocycles. The molecule has 2 rings (SSSR count). The topological polar surface area (TPSA) is 40.0 Å². The SMILES string of the molecule is COC1=NCCC2(CC1)OCCO2. The summed E-state index contributed by atoms with van der Waals surface area (Å²) in [5.41, 5.74) is 0. The van der Waals surface area contributed by atoms with Crippen molar-refractivity contribution in [3.8, 4) is 0 Å². The molecule has 74 valence electrons. The number of aliphatic imine (C=N–C) groups is 1. The molecule has 0 aromatic rings. The summed E-state index contributed by atoms with van der Waals surface area (Å²) in [6, 6.07) is 0. The van der Waals surface area contributed by atoms with E-state index in [1.54, 1.807) is 7.11 Å². The van der Waals surface area contributed by atoms with E-state index in [4.69, 9.17) is 14.2 Å². The molecule has 2 aliphatic heterocycles. The van der Waals surface area contributed by atoms with Crippen molar-refractivity contribution < 1.29 is 14.2 Å². The Kier molecular flexibility index (Phi) is 2.51. The van der Waals surface area contributed by atoms with Crippen LogP contribution in [0.2, 0.25) is 0 Å². The minimum absolute atomic E-state index is 0.357. The highest BCUT2D eigenvalue weighted by atomic mass is 16.7. The van der Waals surface area contributed by atoms with Crippen molar-refractivity contribution in [2.75, 3.05) is 26.9 Å². The largest absolute Gasteiger partial charge is 0.484 e. The molecular weight excluding hydrogens is 170 g/mol. The summed E-state index contributed by atoms with van der Waals surface area (Å²) in [7, 11) is 1.66. The van der Waals surface area contributed by atoms with Crippen LogP contribution in [-0.4, -0.2) is 38.6 Å². The average molecular weight is 185 g/mol. The molecule has 0 aliphatic carbocycles. The molecule has 0 unspecified atom stereocenters. The smallest absolute Gasteiger partial charge is 0.183 e. The molecule has 1 spiro atoms. The molecule has 0 saturated carbocycles. The second kappa shape index (κ2) is 3.64. The van der Waals surface area contributed by atoms with Crippen molar-refractivity contribution >= 4 is 5.90 Å². The first-order chi connectivity index (χ1) is 6.35. The molecule has 2 heterocycles. The van der Waals surface area contributed by atoms with Gasteiger partial charge in [0.1, 0.15) is 0 Å². The lowest BCUT2D eigenvalue weighted by Gasteiger charge is -2.24. The molecule has 2 aliphatic rings. The van der Waals surface area contributed by atoms with E-state index in [9.17, 15) is 0 Å². The minimum atomic E-state index is -0.357. The Morgan fingerprint density at radius 2 is 2.08 bits per heavy atom. The van der Waals surface area contributed by atoms with Crippen molar-refractivity contribution in [3.05, 3.63) is 0 Å². The number of nitrogens with zero attached hydrogens (tertiary/aromatic N) is 1. The molecule has 0 N–H and O–H groups in total. The van der Waals surface area contributed by atoms with Crippen LogP contribution in [0.15, 0.2) is 4.99 Å². The third-order valence-electron chi connectivity index (χ3n) is 2.55. The minimum Gasteiger partial charge on any atom is -0.484 e. The van der Waals surface area contributed by atoms with Gasteiger partial charge in [-0.3, -0.25) is 4.99 Å². The van der Waals surface area contributed by atoms with Gasteiger partial charge in [-0.25, -0.2) is 0 Å². The van der Waals surface area contributed by atoms with Crippen LogP contribution in [0.1, 0.15) is 19.3 Å². The van der Waals surface area contributed by atoms with Crippen molar-refractivity contribution in [2.24, 2.45) is 4.99 Å². The predicted molar refractivity (Wildman–Crippen MR) is 47.8 cm³/mol. The number of methoxy groups -OCH3 is 1. The Bertz CT molecular complexity index is 209. The fourth-order valence-corrected chi connectivity index (χ4v) is 1.80. The molecular formula is C9H15NO3. The Morgan fingerprint density at radius 1 is 1.31 bits per heavy atom. The molecule has 13 heavy (non-hydrogen) atoms. The van der Waals surface area contributed by atoms with E-state index in [2.05, 4.69) is 4.99 Å². The Morgan fingerprint density at radius 3 is 2.77 bits per heavy atom. The van der Waals surface area contributed by atoms with Gasteiger partial charge in [-0.15, -0.1) is 0 Å². The van der Waals surface area contributed by atoms with Gasteiger partial charge in [0.2, 0.25) is 0 Å². The molecule has 0 aromatic heterocycles. The maximum absolute atomic E-state index is 5.60. The highest BCUT2D eigenvalue weighted by Gasteiger charge is 2.37. The molecule has 0 radical (unpaired) electrons. The fraction of sp³-hybridized carbons (Fsp3) is 0.889.